The summed E-state index contributed by atoms with van der Waals surface area (Å²) in [4.78, 5) is 9.77. The summed E-state index contributed by atoms with van der Waals surface area (Å²) in [6.07, 6.45) is 1.87. The average molecular weight is 1000 g/mol. The van der Waals surface area contributed by atoms with Crippen molar-refractivity contribution in [3.63, 3.8) is 0 Å². The molecule has 0 amide bonds. The molecule has 10 aromatic rings. The van der Waals surface area contributed by atoms with Crippen molar-refractivity contribution in [1.29, 1.82) is 0 Å². The van der Waals surface area contributed by atoms with E-state index in [0.717, 1.165) is 49.9 Å². The molecule has 1 radical (unpaired) electrons. The molecule has 10 rings (SSSR count). The normalized spacial score (nSPS) is 11.5. The Labute approximate surface area is 379 Å². The maximum absolute atomic E-state index is 6.73. The van der Waals surface area contributed by atoms with Gasteiger partial charge in [0.2, 0.25) is 0 Å². The van der Waals surface area contributed by atoms with Crippen LogP contribution in [0.25, 0.3) is 72.3 Å². The topological polar surface area (TPSA) is 43.9 Å². The van der Waals surface area contributed by atoms with Gasteiger partial charge in [-0.25, -0.2) is 0 Å². The monoisotopic (exact) mass is 1000 g/mol. The van der Waals surface area contributed by atoms with Crippen molar-refractivity contribution >= 4 is 51.5 Å². The van der Waals surface area contributed by atoms with Gasteiger partial charge in [0, 0.05) is 42.7 Å². The molecule has 0 saturated heterocycles. The van der Waals surface area contributed by atoms with Crippen molar-refractivity contribution in [3.8, 4) is 39.3 Å². The maximum Gasteiger partial charge on any atom is 0.121 e. The van der Waals surface area contributed by atoms with E-state index in [0.29, 0.717) is 0 Å². The predicted octanol–water partition coefficient (Wildman–Crippen LogP) is 13.7. The summed E-state index contributed by atoms with van der Waals surface area (Å²) in [6, 6.07) is 66.2. The minimum Gasteiger partial charge on any atom is -0.501 e. The minimum atomic E-state index is -1.62. The quantitative estimate of drug-likeness (QED) is 0.113. The molecule has 0 unspecified atom stereocenters. The molecule has 6 heteroatoms. The molecule has 0 aliphatic heterocycles. The molecule has 309 valence electrons. The maximum atomic E-state index is 6.73. The van der Waals surface area contributed by atoms with Crippen LogP contribution in [-0.2, 0) is 20.1 Å². The zero-order chi connectivity index (χ0) is 42.1. The molecule has 0 spiro atoms. The zero-order valence-corrected chi connectivity index (χ0v) is 39.4. The molecule has 0 fully saturated rings. The summed E-state index contributed by atoms with van der Waals surface area (Å²) in [5.74, 6) is 1.41. The summed E-state index contributed by atoms with van der Waals surface area (Å²) in [5.41, 5.74) is 13.1. The van der Waals surface area contributed by atoms with E-state index in [9.17, 15) is 0 Å². The SMILES string of the molecule is CC(C)c1cc(-c2ccccc2)cc(C(C)C)c1-n1c(-c2[c-]ccc3c2oc2cc(-c4ccccc4)ccc23)nc2ccccc21.C[Si](C)(c1[c-]cccc1)c1ccccn1.[Ir]. The second-order valence-corrected chi connectivity index (χ2v) is 21.1. The summed E-state index contributed by atoms with van der Waals surface area (Å²) >= 11 is 0. The van der Waals surface area contributed by atoms with E-state index in [4.69, 9.17) is 9.40 Å². The first-order chi connectivity index (χ1) is 29.7. The Morgan fingerprint density at radius 2 is 1.23 bits per heavy atom. The van der Waals surface area contributed by atoms with Crippen LogP contribution in [0.4, 0.5) is 0 Å². The van der Waals surface area contributed by atoms with Crippen LogP contribution in [0.5, 0.6) is 0 Å². The van der Waals surface area contributed by atoms with Gasteiger partial charge in [-0.15, -0.1) is 18.2 Å². The first-order valence-corrected chi connectivity index (χ1v) is 24.2. The van der Waals surface area contributed by atoms with Gasteiger partial charge in [0.05, 0.1) is 22.4 Å². The van der Waals surface area contributed by atoms with E-state index in [1.807, 2.05) is 36.5 Å². The molecule has 0 N–H and O–H groups in total. The number of pyridine rings is 1. The molecule has 3 aromatic heterocycles. The second-order valence-electron chi connectivity index (χ2n) is 16.8. The number of hydrogen-bond donors (Lipinski definition) is 0. The van der Waals surface area contributed by atoms with Crippen LogP contribution in [0.2, 0.25) is 13.1 Å². The van der Waals surface area contributed by atoms with Crippen molar-refractivity contribution in [2.24, 2.45) is 0 Å². The Bertz CT molecular complexity index is 3030. The van der Waals surface area contributed by atoms with Gasteiger partial charge in [-0.05, 0) is 87.7 Å². The fourth-order valence-electron chi connectivity index (χ4n) is 8.41. The number of imidazole rings is 1. The molecule has 0 aliphatic carbocycles. The number of furan rings is 1. The Kier molecular flexibility index (Phi) is 12.4. The fraction of sp³-hybridized carbons (Fsp3) is 0.143. The van der Waals surface area contributed by atoms with Crippen molar-refractivity contribution < 1.29 is 24.5 Å². The number of fused-ring (bicyclic) bond motifs is 4. The van der Waals surface area contributed by atoms with Crippen molar-refractivity contribution in [2.75, 3.05) is 0 Å². The Balaban J connectivity index is 0.000000280. The smallest absolute Gasteiger partial charge is 0.121 e. The molecule has 0 aliphatic rings. The Morgan fingerprint density at radius 3 is 1.87 bits per heavy atom. The van der Waals surface area contributed by atoms with Gasteiger partial charge in [0.25, 0.3) is 0 Å². The average Bonchev–Trinajstić information content (AvgIpc) is 3.88. The minimum absolute atomic E-state index is 0. The first-order valence-electron chi connectivity index (χ1n) is 21.2. The van der Waals surface area contributed by atoms with Crippen LogP contribution < -0.4 is 10.5 Å². The van der Waals surface area contributed by atoms with Crippen LogP contribution in [0, 0.1) is 12.1 Å². The molecule has 0 bridgehead atoms. The molecule has 7 aromatic carbocycles. The van der Waals surface area contributed by atoms with E-state index in [2.05, 4.69) is 202 Å². The number of benzene rings is 7. The number of para-hydroxylation sites is 2. The second kappa shape index (κ2) is 18.0. The molecule has 4 nitrogen and oxygen atoms in total. The molecular weight excluding hydrogens is 951 g/mol. The zero-order valence-electron chi connectivity index (χ0n) is 36.0. The van der Waals surface area contributed by atoms with Crippen LogP contribution in [-0.4, -0.2) is 22.6 Å². The van der Waals surface area contributed by atoms with Crippen LogP contribution in [0.1, 0.15) is 50.7 Å². The van der Waals surface area contributed by atoms with Crippen LogP contribution in [0.3, 0.4) is 0 Å². The van der Waals surface area contributed by atoms with Crippen molar-refractivity contribution in [1.82, 2.24) is 14.5 Å². The third kappa shape index (κ3) is 8.14. The van der Waals surface area contributed by atoms with Gasteiger partial charge in [0.1, 0.15) is 13.7 Å². The Morgan fingerprint density at radius 1 is 0.581 bits per heavy atom. The summed E-state index contributed by atoms with van der Waals surface area (Å²) in [5, 5.41) is 4.68. The molecular formula is C56H49IrN3OSi-2. The molecule has 62 heavy (non-hydrogen) atoms. The van der Waals surface area contributed by atoms with Gasteiger partial charge in [0.15, 0.2) is 0 Å². The number of hydrogen-bond acceptors (Lipinski definition) is 3. The first kappa shape index (κ1) is 42.5. The molecule has 0 atom stereocenters. The number of aromatic nitrogens is 3. The van der Waals surface area contributed by atoms with Crippen molar-refractivity contribution in [2.45, 2.75) is 52.6 Å². The van der Waals surface area contributed by atoms with Gasteiger partial charge < -0.3 is 8.98 Å². The van der Waals surface area contributed by atoms with E-state index < -0.39 is 8.07 Å². The summed E-state index contributed by atoms with van der Waals surface area (Å²) in [7, 11) is -1.62. The third-order valence-electron chi connectivity index (χ3n) is 11.8. The van der Waals surface area contributed by atoms with Gasteiger partial charge in [-0.3, -0.25) is 9.97 Å². The number of nitrogens with zero attached hydrogens (tertiary/aromatic N) is 3. The van der Waals surface area contributed by atoms with Gasteiger partial charge >= 0.3 is 0 Å². The molecule has 0 saturated carbocycles. The largest absolute Gasteiger partial charge is 0.501 e. The summed E-state index contributed by atoms with van der Waals surface area (Å²) in [6.45, 7) is 13.8. The van der Waals surface area contributed by atoms with Crippen LogP contribution in [0.15, 0.2) is 180 Å². The fourth-order valence-corrected chi connectivity index (χ4v) is 10.5. The Hall–Kier alpha value is -6.17. The van der Waals surface area contributed by atoms with E-state index in [1.54, 1.807) is 0 Å². The molecule has 3 heterocycles. The van der Waals surface area contributed by atoms with E-state index >= 15 is 0 Å². The standard InChI is InChI=1S/C43H35N2O.C13H14NSi.Ir/c1-27(2)36-24-32(30-16-9-6-10-17-30)25-37(28(3)4)41(36)45-39-21-12-11-20-38(39)44-43(45)35-19-13-18-34-33-23-22-31(26-40(33)46-42(34)35)29-14-7-5-8-15-29;1-15(2,12-8-4-3-5-9-12)13-10-6-7-11-14-13;/h5-18,20-28H,1-4H3;3-8,10-11H,1-2H3;/q2*-1;. The van der Waals surface area contributed by atoms with E-state index in [-0.39, 0.29) is 31.9 Å². The van der Waals surface area contributed by atoms with Crippen molar-refractivity contribution in [3.05, 3.63) is 199 Å². The predicted molar refractivity (Wildman–Crippen MR) is 258 cm³/mol. The van der Waals surface area contributed by atoms with Gasteiger partial charge in [-0.2, -0.15) is 35.5 Å². The van der Waals surface area contributed by atoms with E-state index in [1.165, 1.54) is 44.0 Å². The van der Waals surface area contributed by atoms with Crippen LogP contribution >= 0.6 is 0 Å². The summed E-state index contributed by atoms with van der Waals surface area (Å²) < 4.78 is 9.10. The number of rotatable bonds is 8. The third-order valence-corrected chi connectivity index (χ3v) is 15.0. The van der Waals surface area contributed by atoms with Gasteiger partial charge in [-0.1, -0.05) is 143 Å².